The van der Waals surface area contributed by atoms with Crippen LogP contribution in [0.1, 0.15) is 30.2 Å². The van der Waals surface area contributed by atoms with E-state index in [-0.39, 0.29) is 0 Å². The molecule has 0 amide bonds. The van der Waals surface area contributed by atoms with E-state index in [0.29, 0.717) is 18.5 Å². The summed E-state index contributed by atoms with van der Waals surface area (Å²) in [5.41, 5.74) is 1.01. The average Bonchev–Trinajstić information content (AvgIpc) is 3.04. The van der Waals surface area contributed by atoms with Crippen molar-refractivity contribution in [2.75, 3.05) is 5.32 Å². The molecule has 0 unspecified atom stereocenters. The van der Waals surface area contributed by atoms with Crippen molar-refractivity contribution < 1.29 is 4.42 Å². The highest BCUT2D eigenvalue weighted by Gasteiger charge is 2.29. The van der Waals surface area contributed by atoms with Crippen LogP contribution in [0.5, 0.6) is 0 Å². The van der Waals surface area contributed by atoms with Gasteiger partial charge in [0.2, 0.25) is 5.89 Å². The number of hydrogen-bond donors (Lipinski definition) is 1. The van der Waals surface area contributed by atoms with Gasteiger partial charge in [-0.3, -0.25) is 0 Å². The summed E-state index contributed by atoms with van der Waals surface area (Å²) in [5, 5.41) is 15.4. The molecule has 1 N–H and O–H groups in total. The quantitative estimate of drug-likeness (QED) is 0.772. The minimum Gasteiger partial charge on any atom is -0.408 e. The second kappa shape index (κ2) is 5.01. The lowest BCUT2D eigenvalue weighted by atomic mass is 10.2. The van der Waals surface area contributed by atoms with Crippen LogP contribution in [-0.2, 0) is 6.54 Å². The molecule has 1 fully saturated rings. The first-order chi connectivity index (χ1) is 10.4. The van der Waals surface area contributed by atoms with E-state index in [9.17, 15) is 0 Å². The Morgan fingerprint density at radius 1 is 1.24 bits per heavy atom. The molecule has 0 atom stereocenters. The Labute approximate surface area is 121 Å². The lowest BCUT2D eigenvalue weighted by molar-refractivity contribution is 0.507. The van der Waals surface area contributed by atoms with Crippen LogP contribution < -0.4 is 5.32 Å². The topological polar surface area (TPSA) is 81.7 Å². The van der Waals surface area contributed by atoms with Crippen LogP contribution in [0.4, 0.5) is 6.01 Å². The first kappa shape index (κ1) is 12.1. The van der Waals surface area contributed by atoms with E-state index >= 15 is 0 Å². The lowest BCUT2D eigenvalue weighted by Gasteiger charge is -2.08. The van der Waals surface area contributed by atoms with E-state index in [1.807, 2.05) is 24.4 Å². The summed E-state index contributed by atoms with van der Waals surface area (Å²) in [7, 11) is 0. The fourth-order valence-corrected chi connectivity index (χ4v) is 2.14. The predicted octanol–water partition coefficient (Wildman–Crippen LogP) is 2.14. The number of pyridine rings is 1. The van der Waals surface area contributed by atoms with Gasteiger partial charge in [0, 0.05) is 36.6 Å². The molecule has 0 radical (unpaired) electrons. The van der Waals surface area contributed by atoms with Crippen molar-refractivity contribution in [1.29, 1.82) is 0 Å². The van der Waals surface area contributed by atoms with Crippen LogP contribution in [0, 0.1) is 0 Å². The molecule has 0 aromatic carbocycles. The smallest absolute Gasteiger partial charge is 0.315 e. The van der Waals surface area contributed by atoms with E-state index in [2.05, 4.69) is 25.6 Å². The van der Waals surface area contributed by atoms with Crippen molar-refractivity contribution >= 4 is 6.01 Å². The SMILES string of the molecule is c1cnc(-n2cccn2)c(CNc2nnc(C3CC3)o2)c1. The molecule has 3 heterocycles. The molecule has 1 aliphatic rings. The fraction of sp³-hybridized carbons (Fsp3) is 0.286. The van der Waals surface area contributed by atoms with Crippen molar-refractivity contribution in [3.63, 3.8) is 0 Å². The Bertz CT molecular complexity index is 732. The highest BCUT2D eigenvalue weighted by Crippen LogP contribution is 2.39. The van der Waals surface area contributed by atoms with Crippen LogP contribution in [0.25, 0.3) is 5.82 Å². The zero-order valence-corrected chi connectivity index (χ0v) is 11.3. The van der Waals surface area contributed by atoms with Gasteiger partial charge in [-0.05, 0) is 25.0 Å². The predicted molar refractivity (Wildman–Crippen MR) is 75.0 cm³/mol. The summed E-state index contributed by atoms with van der Waals surface area (Å²) >= 11 is 0. The Hall–Kier alpha value is -2.70. The van der Waals surface area contributed by atoms with Crippen LogP contribution in [-0.4, -0.2) is 25.0 Å². The zero-order valence-electron chi connectivity index (χ0n) is 11.3. The number of anilines is 1. The van der Waals surface area contributed by atoms with Gasteiger partial charge in [-0.1, -0.05) is 11.2 Å². The maximum Gasteiger partial charge on any atom is 0.315 e. The lowest BCUT2D eigenvalue weighted by Crippen LogP contribution is -2.07. The first-order valence-corrected chi connectivity index (χ1v) is 6.91. The molecular formula is C14H14N6O. The van der Waals surface area contributed by atoms with Crippen molar-refractivity contribution in [2.24, 2.45) is 0 Å². The van der Waals surface area contributed by atoms with Crippen LogP contribution in [0.2, 0.25) is 0 Å². The summed E-state index contributed by atoms with van der Waals surface area (Å²) in [6.07, 6.45) is 7.63. The molecule has 3 aromatic heterocycles. The third-order valence-electron chi connectivity index (χ3n) is 3.39. The van der Waals surface area contributed by atoms with E-state index in [1.54, 1.807) is 17.1 Å². The van der Waals surface area contributed by atoms with Crippen molar-refractivity contribution in [2.45, 2.75) is 25.3 Å². The minimum absolute atomic E-state index is 0.451. The largest absolute Gasteiger partial charge is 0.408 e. The van der Waals surface area contributed by atoms with Gasteiger partial charge in [0.15, 0.2) is 5.82 Å². The molecule has 106 valence electrons. The van der Waals surface area contributed by atoms with E-state index in [0.717, 1.165) is 30.1 Å². The normalized spacial score (nSPS) is 14.3. The Morgan fingerprint density at radius 3 is 3.00 bits per heavy atom. The van der Waals surface area contributed by atoms with Gasteiger partial charge >= 0.3 is 6.01 Å². The molecule has 0 spiro atoms. The molecule has 7 heteroatoms. The first-order valence-electron chi connectivity index (χ1n) is 6.91. The van der Waals surface area contributed by atoms with Gasteiger partial charge in [-0.2, -0.15) is 5.10 Å². The molecule has 0 saturated heterocycles. The van der Waals surface area contributed by atoms with Crippen molar-refractivity contribution in [3.05, 3.63) is 48.2 Å². The molecule has 3 aromatic rings. The number of rotatable bonds is 5. The zero-order chi connectivity index (χ0) is 14.1. The molecule has 4 rings (SSSR count). The number of nitrogens with zero attached hydrogens (tertiary/aromatic N) is 5. The van der Waals surface area contributed by atoms with Gasteiger partial charge in [-0.15, -0.1) is 5.10 Å². The van der Waals surface area contributed by atoms with E-state index < -0.39 is 0 Å². The number of nitrogens with one attached hydrogen (secondary N) is 1. The fourth-order valence-electron chi connectivity index (χ4n) is 2.14. The molecule has 1 aliphatic carbocycles. The summed E-state index contributed by atoms with van der Waals surface area (Å²) in [6, 6.07) is 6.21. The molecule has 21 heavy (non-hydrogen) atoms. The van der Waals surface area contributed by atoms with Gasteiger partial charge in [0.25, 0.3) is 0 Å². The molecular weight excluding hydrogens is 268 g/mol. The highest BCUT2D eigenvalue weighted by molar-refractivity contribution is 5.35. The van der Waals surface area contributed by atoms with E-state index in [4.69, 9.17) is 4.42 Å². The van der Waals surface area contributed by atoms with Gasteiger partial charge < -0.3 is 9.73 Å². The standard InChI is InChI=1S/C14H14N6O/c1-3-11(12(15-6-1)20-8-2-7-17-20)9-16-14-19-18-13(21-14)10-4-5-10/h1-3,6-8,10H,4-5,9H2,(H,16,19). The summed E-state index contributed by atoms with van der Waals surface area (Å²) in [4.78, 5) is 4.37. The summed E-state index contributed by atoms with van der Waals surface area (Å²) in [5.74, 6) is 1.99. The van der Waals surface area contributed by atoms with Crippen molar-refractivity contribution in [3.8, 4) is 5.82 Å². The third-order valence-corrected chi connectivity index (χ3v) is 3.39. The Morgan fingerprint density at radius 2 is 2.19 bits per heavy atom. The Balaban J connectivity index is 1.51. The monoisotopic (exact) mass is 282 g/mol. The van der Waals surface area contributed by atoms with Crippen LogP contribution in [0.3, 0.4) is 0 Å². The summed E-state index contributed by atoms with van der Waals surface area (Å²) in [6.45, 7) is 0.551. The van der Waals surface area contributed by atoms with Gasteiger partial charge in [0.05, 0.1) is 0 Å². The molecule has 0 bridgehead atoms. The molecule has 1 saturated carbocycles. The molecule has 7 nitrogen and oxygen atoms in total. The minimum atomic E-state index is 0.451. The number of aromatic nitrogens is 5. The highest BCUT2D eigenvalue weighted by atomic mass is 16.4. The van der Waals surface area contributed by atoms with Gasteiger partial charge in [0.1, 0.15) is 0 Å². The number of hydrogen-bond acceptors (Lipinski definition) is 6. The summed E-state index contributed by atoms with van der Waals surface area (Å²) < 4.78 is 7.32. The van der Waals surface area contributed by atoms with Crippen LogP contribution in [0.15, 0.2) is 41.2 Å². The third kappa shape index (κ3) is 2.49. The van der Waals surface area contributed by atoms with E-state index in [1.165, 1.54) is 0 Å². The maximum atomic E-state index is 5.58. The maximum absolute atomic E-state index is 5.58. The van der Waals surface area contributed by atoms with Crippen LogP contribution >= 0.6 is 0 Å². The second-order valence-corrected chi connectivity index (χ2v) is 5.01. The van der Waals surface area contributed by atoms with Gasteiger partial charge in [-0.25, -0.2) is 9.67 Å². The molecule has 0 aliphatic heterocycles. The Kier molecular flexibility index (Phi) is 2.88. The van der Waals surface area contributed by atoms with Crippen molar-refractivity contribution in [1.82, 2.24) is 25.0 Å². The average molecular weight is 282 g/mol. The second-order valence-electron chi connectivity index (χ2n) is 5.01.